The molecular formula is C26H31NO7. The molecule has 0 radical (unpaired) electrons. The van der Waals surface area contributed by atoms with E-state index in [9.17, 15) is 14.7 Å². The third-order valence-corrected chi connectivity index (χ3v) is 5.79. The maximum absolute atomic E-state index is 13.0. The first-order valence-electron chi connectivity index (χ1n) is 11.3. The zero-order valence-corrected chi connectivity index (χ0v) is 20.2. The number of aromatic hydroxyl groups is 1. The molecule has 2 N–H and O–H groups in total. The van der Waals surface area contributed by atoms with Crippen molar-refractivity contribution in [2.24, 2.45) is 0 Å². The molecule has 34 heavy (non-hydrogen) atoms. The number of carbonyl (C=O) groups is 1. The highest BCUT2D eigenvalue weighted by atomic mass is 16.7. The fourth-order valence-electron chi connectivity index (χ4n) is 3.97. The van der Waals surface area contributed by atoms with Gasteiger partial charge in [0.15, 0.2) is 5.79 Å². The van der Waals surface area contributed by atoms with E-state index in [0.29, 0.717) is 29.4 Å². The summed E-state index contributed by atoms with van der Waals surface area (Å²) in [7, 11) is 0. The Morgan fingerprint density at radius 3 is 2.50 bits per heavy atom. The highest BCUT2D eigenvalue weighted by Crippen LogP contribution is 2.29. The first-order valence-corrected chi connectivity index (χ1v) is 11.3. The van der Waals surface area contributed by atoms with E-state index in [1.54, 1.807) is 45.0 Å². The van der Waals surface area contributed by atoms with Crippen molar-refractivity contribution in [2.45, 2.75) is 64.4 Å². The Morgan fingerprint density at radius 1 is 1.12 bits per heavy atom. The van der Waals surface area contributed by atoms with E-state index in [1.165, 1.54) is 6.07 Å². The van der Waals surface area contributed by atoms with Crippen LogP contribution in [0.25, 0.3) is 21.9 Å². The van der Waals surface area contributed by atoms with Gasteiger partial charge in [0.1, 0.15) is 27.9 Å². The molecule has 3 aromatic rings. The lowest BCUT2D eigenvalue weighted by Gasteiger charge is -2.44. The van der Waals surface area contributed by atoms with Crippen LogP contribution in [0.5, 0.6) is 5.75 Å². The number of carbonyl (C=O) groups excluding carboxylic acids is 1. The van der Waals surface area contributed by atoms with E-state index in [2.05, 4.69) is 5.32 Å². The van der Waals surface area contributed by atoms with Crippen LogP contribution in [0.1, 0.15) is 46.6 Å². The summed E-state index contributed by atoms with van der Waals surface area (Å²) in [6, 6.07) is 10.2. The van der Waals surface area contributed by atoms with Crippen LogP contribution < -0.4 is 10.7 Å². The van der Waals surface area contributed by atoms with Gasteiger partial charge in [-0.25, -0.2) is 4.79 Å². The predicted octanol–water partition coefficient (Wildman–Crippen LogP) is 4.63. The molecule has 1 aromatic heterocycles. The largest absolute Gasteiger partial charge is 0.507 e. The van der Waals surface area contributed by atoms with Crippen molar-refractivity contribution in [2.75, 3.05) is 13.2 Å². The van der Waals surface area contributed by atoms with Gasteiger partial charge in [-0.15, -0.1) is 0 Å². The van der Waals surface area contributed by atoms with Crippen molar-refractivity contribution in [3.05, 3.63) is 52.2 Å². The number of aryl methyl sites for hydroxylation is 1. The number of ether oxygens (including phenoxy) is 3. The Kier molecular flexibility index (Phi) is 6.08. The van der Waals surface area contributed by atoms with Crippen molar-refractivity contribution in [1.29, 1.82) is 0 Å². The Hall–Kier alpha value is -3.10. The Balaban J connectivity index is 1.60. The minimum Gasteiger partial charge on any atom is -0.507 e. The Morgan fingerprint density at radius 2 is 1.82 bits per heavy atom. The zero-order chi connectivity index (χ0) is 24.7. The highest BCUT2D eigenvalue weighted by Gasteiger charge is 2.42. The standard InChI is InChI=1S/C26H31NO7/c1-24(2,3)34-23(30)27-26(14-31-25(4,5)32-15-26)12-11-16-9-10-19-17(13-16)22(29)21-18(28)7-6-8-20(21)33-19/h6-10,13,28H,11-12,14-15H2,1-5H3,(H,27,30). The van der Waals surface area contributed by atoms with Crippen molar-refractivity contribution in [1.82, 2.24) is 5.32 Å². The summed E-state index contributed by atoms with van der Waals surface area (Å²) in [6.07, 6.45) is 0.496. The monoisotopic (exact) mass is 469 g/mol. The quantitative estimate of drug-likeness (QED) is 0.537. The zero-order valence-electron chi connectivity index (χ0n) is 20.2. The molecule has 0 atom stereocenters. The molecule has 1 amide bonds. The summed E-state index contributed by atoms with van der Waals surface area (Å²) >= 11 is 0. The molecule has 1 fully saturated rings. The third kappa shape index (κ3) is 5.18. The number of amides is 1. The molecule has 1 aliphatic heterocycles. The van der Waals surface area contributed by atoms with Crippen molar-refractivity contribution >= 4 is 28.0 Å². The van der Waals surface area contributed by atoms with Crippen LogP contribution in [-0.4, -0.2) is 41.3 Å². The molecule has 0 unspecified atom stereocenters. The van der Waals surface area contributed by atoms with Crippen LogP contribution >= 0.6 is 0 Å². The van der Waals surface area contributed by atoms with E-state index < -0.39 is 23.0 Å². The van der Waals surface area contributed by atoms with Crippen LogP contribution in [0, 0.1) is 0 Å². The molecule has 0 bridgehead atoms. The number of nitrogens with one attached hydrogen (secondary N) is 1. The van der Waals surface area contributed by atoms with E-state index in [-0.39, 0.29) is 29.8 Å². The Bertz CT molecular complexity index is 1280. The molecule has 182 valence electrons. The van der Waals surface area contributed by atoms with Gasteiger partial charge in [0.05, 0.1) is 24.1 Å². The van der Waals surface area contributed by atoms with Crippen LogP contribution in [-0.2, 0) is 20.6 Å². The van der Waals surface area contributed by atoms with Crippen molar-refractivity contribution in [3.63, 3.8) is 0 Å². The Labute approximate surface area is 197 Å². The van der Waals surface area contributed by atoms with Gasteiger partial charge in [-0.05, 0) is 77.3 Å². The van der Waals surface area contributed by atoms with Crippen LogP contribution in [0.15, 0.2) is 45.6 Å². The summed E-state index contributed by atoms with van der Waals surface area (Å²) in [5.74, 6) is -0.859. The van der Waals surface area contributed by atoms with Crippen LogP contribution in [0.3, 0.4) is 0 Å². The second-order valence-electron chi connectivity index (χ2n) is 10.3. The van der Waals surface area contributed by atoms with Gasteiger partial charge in [-0.3, -0.25) is 4.79 Å². The molecule has 0 spiro atoms. The minimum atomic E-state index is -0.793. The smallest absolute Gasteiger partial charge is 0.408 e. The number of fused-ring (bicyclic) bond motifs is 2. The van der Waals surface area contributed by atoms with Gasteiger partial charge >= 0.3 is 6.09 Å². The summed E-state index contributed by atoms with van der Waals surface area (Å²) in [5, 5.41) is 13.7. The topological polar surface area (TPSA) is 107 Å². The van der Waals surface area contributed by atoms with E-state index in [0.717, 1.165) is 5.56 Å². The molecule has 1 saturated heterocycles. The number of benzene rings is 2. The molecule has 1 aliphatic rings. The number of hydrogen-bond acceptors (Lipinski definition) is 7. The fraction of sp³-hybridized carbons (Fsp3) is 0.462. The number of alkyl carbamates (subject to hydrolysis) is 1. The second kappa shape index (κ2) is 8.60. The third-order valence-electron chi connectivity index (χ3n) is 5.79. The number of phenolic OH excluding ortho intramolecular Hbond substituents is 1. The van der Waals surface area contributed by atoms with Gasteiger partial charge in [0.2, 0.25) is 5.43 Å². The average molecular weight is 470 g/mol. The van der Waals surface area contributed by atoms with Gasteiger partial charge in [0.25, 0.3) is 0 Å². The molecule has 8 nitrogen and oxygen atoms in total. The normalized spacial score (nSPS) is 17.6. The summed E-state index contributed by atoms with van der Waals surface area (Å²) in [6.45, 7) is 9.58. The highest BCUT2D eigenvalue weighted by molar-refractivity contribution is 5.93. The molecular weight excluding hydrogens is 438 g/mol. The van der Waals surface area contributed by atoms with Crippen LogP contribution in [0.4, 0.5) is 4.79 Å². The molecule has 2 aromatic carbocycles. The van der Waals surface area contributed by atoms with Gasteiger partial charge in [0, 0.05) is 0 Å². The molecule has 8 heteroatoms. The van der Waals surface area contributed by atoms with Crippen molar-refractivity contribution < 1.29 is 28.5 Å². The lowest BCUT2D eigenvalue weighted by molar-refractivity contribution is -0.271. The fourth-order valence-corrected chi connectivity index (χ4v) is 3.97. The lowest BCUT2D eigenvalue weighted by atomic mass is 9.91. The predicted molar refractivity (Wildman–Crippen MR) is 128 cm³/mol. The molecule has 0 saturated carbocycles. The minimum absolute atomic E-state index is 0.113. The van der Waals surface area contributed by atoms with E-state index in [4.69, 9.17) is 18.6 Å². The van der Waals surface area contributed by atoms with E-state index >= 15 is 0 Å². The number of hydrogen-bond donors (Lipinski definition) is 2. The van der Waals surface area contributed by atoms with Crippen molar-refractivity contribution in [3.8, 4) is 5.75 Å². The lowest BCUT2D eigenvalue weighted by Crippen LogP contribution is -2.61. The van der Waals surface area contributed by atoms with Gasteiger partial charge in [-0.1, -0.05) is 12.1 Å². The SMILES string of the molecule is CC(C)(C)OC(=O)NC1(CCc2ccc3oc4cccc(O)c4c(=O)c3c2)COC(C)(C)OC1. The van der Waals surface area contributed by atoms with Crippen LogP contribution in [0.2, 0.25) is 0 Å². The van der Waals surface area contributed by atoms with Gasteiger partial charge < -0.3 is 29.1 Å². The van der Waals surface area contributed by atoms with Gasteiger partial charge in [-0.2, -0.15) is 0 Å². The van der Waals surface area contributed by atoms with E-state index in [1.807, 2.05) is 19.9 Å². The summed E-state index contributed by atoms with van der Waals surface area (Å²) in [4.78, 5) is 25.6. The first-order chi connectivity index (χ1) is 15.9. The molecule has 4 rings (SSSR count). The number of rotatable bonds is 4. The second-order valence-corrected chi connectivity index (χ2v) is 10.3. The average Bonchev–Trinajstić information content (AvgIpc) is 2.73. The summed E-state index contributed by atoms with van der Waals surface area (Å²) < 4.78 is 23.0. The molecule has 0 aliphatic carbocycles. The maximum Gasteiger partial charge on any atom is 0.408 e. The first kappa shape index (κ1) is 24.0. The number of phenols is 1. The molecule has 2 heterocycles. The summed E-state index contributed by atoms with van der Waals surface area (Å²) in [5.41, 5.74) is -0.0566. The maximum atomic E-state index is 13.0.